The second kappa shape index (κ2) is 7.78. The minimum Gasteiger partial charge on any atom is -0.352 e. The Kier molecular flexibility index (Phi) is 6.27. The first-order valence-electron chi connectivity index (χ1n) is 7.58. The van der Waals surface area contributed by atoms with E-state index in [4.69, 9.17) is 32.7 Å². The largest absolute Gasteiger partial charge is 0.352 e. The molecule has 5 heteroatoms. The van der Waals surface area contributed by atoms with Crippen LogP contribution in [0.5, 0.6) is 0 Å². The molecule has 1 fully saturated rings. The van der Waals surface area contributed by atoms with Crippen LogP contribution in [0.3, 0.4) is 0 Å². The van der Waals surface area contributed by atoms with Gasteiger partial charge in [-0.2, -0.15) is 0 Å². The van der Waals surface area contributed by atoms with E-state index in [9.17, 15) is 4.79 Å². The monoisotopic (exact) mass is 344 g/mol. The topological polar surface area (TPSA) is 35.5 Å². The average Bonchev–Trinajstić information content (AvgIpc) is 2.43. The molecule has 3 nitrogen and oxygen atoms in total. The summed E-state index contributed by atoms with van der Waals surface area (Å²) in [6, 6.07) is 4.94. The fraction of sp³-hybridized carbons (Fsp3) is 0.588. The van der Waals surface area contributed by atoms with E-state index < -0.39 is 0 Å². The highest BCUT2D eigenvalue weighted by atomic mass is 35.5. The van der Waals surface area contributed by atoms with E-state index in [0.717, 1.165) is 32.5 Å². The normalized spacial score (nSPS) is 18.4. The van der Waals surface area contributed by atoms with Crippen molar-refractivity contribution in [2.75, 3.05) is 13.2 Å². The van der Waals surface area contributed by atoms with Gasteiger partial charge >= 0.3 is 0 Å². The number of Topliss-reactive ketones (excluding diaryl/α,β-unsaturated/α-hetero) is 1. The average molecular weight is 345 g/mol. The Bertz CT molecular complexity index is 498. The van der Waals surface area contributed by atoms with Gasteiger partial charge in [-0.1, -0.05) is 37.0 Å². The molecule has 1 aliphatic heterocycles. The summed E-state index contributed by atoms with van der Waals surface area (Å²) >= 11 is 11.8. The summed E-state index contributed by atoms with van der Waals surface area (Å²) in [5, 5.41) is 0.977. The lowest BCUT2D eigenvalue weighted by atomic mass is 9.95. The standard InChI is InChI=1S/C17H22Cl2O3/c1-17(2)10-21-16(22-11-17)6-4-3-5-15(20)12-7-13(18)9-14(19)8-12/h7-9,16H,3-6,10-11H2,1-2H3. The van der Waals surface area contributed by atoms with Crippen LogP contribution in [0.1, 0.15) is 49.9 Å². The van der Waals surface area contributed by atoms with Crippen molar-refractivity contribution in [2.24, 2.45) is 5.41 Å². The molecule has 0 bridgehead atoms. The summed E-state index contributed by atoms with van der Waals surface area (Å²) in [5.74, 6) is 0.0658. The van der Waals surface area contributed by atoms with Gasteiger partial charge < -0.3 is 9.47 Å². The number of ketones is 1. The van der Waals surface area contributed by atoms with Crippen molar-refractivity contribution in [2.45, 2.75) is 45.8 Å². The summed E-state index contributed by atoms with van der Waals surface area (Å²) in [4.78, 5) is 12.1. The van der Waals surface area contributed by atoms with Crippen LogP contribution >= 0.6 is 23.2 Å². The lowest BCUT2D eigenvalue weighted by Gasteiger charge is -2.34. The van der Waals surface area contributed by atoms with Crippen LogP contribution < -0.4 is 0 Å². The van der Waals surface area contributed by atoms with Crippen LogP contribution in [0, 0.1) is 5.41 Å². The minimum atomic E-state index is -0.135. The number of ether oxygens (including phenoxy) is 2. The van der Waals surface area contributed by atoms with Gasteiger partial charge in [0, 0.05) is 27.4 Å². The van der Waals surface area contributed by atoms with Crippen LogP contribution in [-0.2, 0) is 9.47 Å². The van der Waals surface area contributed by atoms with Gasteiger partial charge in [0.1, 0.15) is 0 Å². The Hall–Kier alpha value is -0.610. The van der Waals surface area contributed by atoms with Gasteiger partial charge in [-0.15, -0.1) is 0 Å². The van der Waals surface area contributed by atoms with Crippen molar-refractivity contribution < 1.29 is 14.3 Å². The van der Waals surface area contributed by atoms with Crippen LogP contribution in [0.15, 0.2) is 18.2 Å². The third-order valence-electron chi connectivity index (χ3n) is 3.60. The molecular weight excluding hydrogens is 323 g/mol. The highest BCUT2D eigenvalue weighted by molar-refractivity contribution is 6.35. The molecular formula is C17H22Cl2O3. The molecule has 1 heterocycles. The molecule has 0 radical (unpaired) electrons. The number of unbranched alkanes of at least 4 members (excludes halogenated alkanes) is 1. The zero-order valence-electron chi connectivity index (χ0n) is 13.0. The van der Waals surface area contributed by atoms with E-state index in [1.807, 2.05) is 0 Å². The van der Waals surface area contributed by atoms with Gasteiger partial charge in [0.2, 0.25) is 0 Å². The smallest absolute Gasteiger partial charge is 0.162 e. The van der Waals surface area contributed by atoms with E-state index >= 15 is 0 Å². The third kappa shape index (κ3) is 5.54. The maximum atomic E-state index is 12.1. The number of carbonyl (C=O) groups excluding carboxylic acids is 1. The van der Waals surface area contributed by atoms with E-state index in [1.165, 1.54) is 0 Å². The van der Waals surface area contributed by atoms with Crippen molar-refractivity contribution in [1.29, 1.82) is 0 Å². The molecule has 0 aromatic heterocycles. The fourth-order valence-corrected chi connectivity index (χ4v) is 2.88. The molecule has 0 N–H and O–H groups in total. The Morgan fingerprint density at radius 2 is 1.73 bits per heavy atom. The second-order valence-electron chi connectivity index (χ2n) is 6.54. The molecule has 1 aromatic rings. The van der Waals surface area contributed by atoms with Gasteiger partial charge in [-0.25, -0.2) is 0 Å². The highest BCUT2D eigenvalue weighted by Gasteiger charge is 2.27. The molecule has 2 rings (SSSR count). The maximum absolute atomic E-state index is 12.1. The zero-order chi connectivity index (χ0) is 16.2. The molecule has 0 saturated carbocycles. The molecule has 0 aliphatic carbocycles. The Labute approximate surface area is 141 Å². The van der Waals surface area contributed by atoms with Gasteiger partial charge in [0.15, 0.2) is 12.1 Å². The predicted octanol–water partition coefficient (Wildman–Crippen LogP) is 5.14. The Morgan fingerprint density at radius 3 is 2.32 bits per heavy atom. The van der Waals surface area contributed by atoms with Crippen molar-refractivity contribution in [3.05, 3.63) is 33.8 Å². The van der Waals surface area contributed by atoms with Crippen molar-refractivity contribution in [3.8, 4) is 0 Å². The maximum Gasteiger partial charge on any atom is 0.162 e. The predicted molar refractivity (Wildman–Crippen MR) is 88.7 cm³/mol. The first-order valence-corrected chi connectivity index (χ1v) is 8.34. The minimum absolute atomic E-state index is 0.0658. The van der Waals surface area contributed by atoms with E-state index in [0.29, 0.717) is 22.0 Å². The molecule has 0 amide bonds. The fourth-order valence-electron chi connectivity index (χ4n) is 2.35. The lowest BCUT2D eigenvalue weighted by molar-refractivity contribution is -0.224. The number of hydrogen-bond acceptors (Lipinski definition) is 3. The quantitative estimate of drug-likeness (QED) is 0.529. The number of benzene rings is 1. The Balaban J connectivity index is 1.69. The molecule has 0 unspecified atom stereocenters. The summed E-state index contributed by atoms with van der Waals surface area (Å²) in [7, 11) is 0. The first kappa shape index (κ1) is 17.7. The van der Waals surface area contributed by atoms with Crippen LogP contribution in [0.2, 0.25) is 10.0 Å². The Morgan fingerprint density at radius 1 is 1.14 bits per heavy atom. The van der Waals surface area contributed by atoms with Crippen LogP contribution in [0.25, 0.3) is 0 Å². The van der Waals surface area contributed by atoms with Crippen molar-refractivity contribution >= 4 is 29.0 Å². The summed E-state index contributed by atoms with van der Waals surface area (Å²) in [6.45, 7) is 5.69. The molecule has 1 aliphatic rings. The molecule has 0 atom stereocenters. The number of halogens is 2. The molecule has 1 aromatic carbocycles. The SMILES string of the molecule is CC1(C)COC(CCCCC(=O)c2cc(Cl)cc(Cl)c2)OC1. The van der Waals surface area contributed by atoms with Gasteiger partial charge in [0.05, 0.1) is 13.2 Å². The number of rotatable bonds is 6. The third-order valence-corrected chi connectivity index (χ3v) is 4.03. The zero-order valence-corrected chi connectivity index (χ0v) is 14.5. The lowest BCUT2D eigenvalue weighted by Crippen LogP contribution is -2.37. The molecule has 0 spiro atoms. The van der Waals surface area contributed by atoms with Gasteiger partial charge in [0.25, 0.3) is 0 Å². The van der Waals surface area contributed by atoms with Gasteiger partial charge in [-0.05, 0) is 37.5 Å². The van der Waals surface area contributed by atoms with E-state index in [2.05, 4.69) is 13.8 Å². The van der Waals surface area contributed by atoms with E-state index in [1.54, 1.807) is 18.2 Å². The van der Waals surface area contributed by atoms with Crippen molar-refractivity contribution in [1.82, 2.24) is 0 Å². The number of carbonyl (C=O) groups is 1. The van der Waals surface area contributed by atoms with Crippen molar-refractivity contribution in [3.63, 3.8) is 0 Å². The molecule has 22 heavy (non-hydrogen) atoms. The van der Waals surface area contributed by atoms with Crippen LogP contribution in [0.4, 0.5) is 0 Å². The summed E-state index contributed by atoms with van der Waals surface area (Å²) < 4.78 is 11.3. The van der Waals surface area contributed by atoms with E-state index in [-0.39, 0.29) is 17.5 Å². The molecule has 1 saturated heterocycles. The first-order chi connectivity index (χ1) is 10.4. The van der Waals surface area contributed by atoms with Gasteiger partial charge in [-0.3, -0.25) is 4.79 Å². The molecule has 122 valence electrons. The highest BCUT2D eigenvalue weighted by Crippen LogP contribution is 2.25. The summed E-state index contributed by atoms with van der Waals surface area (Å²) in [5.41, 5.74) is 0.669. The van der Waals surface area contributed by atoms with Crippen LogP contribution in [-0.4, -0.2) is 25.3 Å². The second-order valence-corrected chi connectivity index (χ2v) is 7.42. The summed E-state index contributed by atoms with van der Waals surface area (Å²) in [6.07, 6.45) is 2.86. The number of hydrogen-bond donors (Lipinski definition) is 0.